The molecule has 82 valence electrons. The zero-order chi connectivity index (χ0) is 10.6. The fourth-order valence-electron chi connectivity index (χ4n) is 1.28. The highest BCUT2D eigenvalue weighted by Gasteiger charge is 2.22. The normalized spacial score (nSPS) is 22.6. The standard InChI is InChI=1S/C11H20O3/c1-11(2,3)10(12)8-13-7-9-5-4-6-14-9/h9H,4-8H2,1-3H3. The van der Waals surface area contributed by atoms with Crippen molar-refractivity contribution in [3.63, 3.8) is 0 Å². The number of hydrogen-bond donors (Lipinski definition) is 0. The Bertz CT molecular complexity index is 187. The van der Waals surface area contributed by atoms with Crippen LogP contribution in [0, 0.1) is 5.41 Å². The number of Topliss-reactive ketones (excluding diaryl/α,β-unsaturated/α-hetero) is 1. The first-order valence-corrected chi connectivity index (χ1v) is 5.23. The summed E-state index contributed by atoms with van der Waals surface area (Å²) in [5.74, 6) is 0.149. The second kappa shape index (κ2) is 4.89. The molecule has 1 aliphatic heterocycles. The third-order valence-corrected chi connectivity index (χ3v) is 2.40. The molecule has 0 N–H and O–H groups in total. The van der Waals surface area contributed by atoms with Crippen LogP contribution in [0.3, 0.4) is 0 Å². The highest BCUT2D eigenvalue weighted by molar-refractivity contribution is 5.84. The molecule has 1 aliphatic rings. The summed E-state index contributed by atoms with van der Waals surface area (Å²) >= 11 is 0. The second-order valence-electron chi connectivity index (χ2n) is 4.82. The van der Waals surface area contributed by atoms with Gasteiger partial charge in [-0.25, -0.2) is 0 Å². The Morgan fingerprint density at radius 1 is 1.50 bits per heavy atom. The summed E-state index contributed by atoms with van der Waals surface area (Å²) in [6, 6.07) is 0. The first kappa shape index (κ1) is 11.7. The lowest BCUT2D eigenvalue weighted by atomic mass is 9.91. The maximum atomic E-state index is 11.5. The molecule has 0 bridgehead atoms. The van der Waals surface area contributed by atoms with E-state index in [0.29, 0.717) is 6.61 Å². The van der Waals surface area contributed by atoms with Crippen molar-refractivity contribution >= 4 is 5.78 Å². The molecule has 0 spiro atoms. The van der Waals surface area contributed by atoms with Gasteiger partial charge in [-0.3, -0.25) is 4.79 Å². The molecule has 1 atom stereocenters. The van der Waals surface area contributed by atoms with Crippen LogP contribution in [0.5, 0.6) is 0 Å². The average Bonchev–Trinajstić information content (AvgIpc) is 2.55. The fourth-order valence-corrected chi connectivity index (χ4v) is 1.28. The zero-order valence-corrected chi connectivity index (χ0v) is 9.34. The van der Waals surface area contributed by atoms with Crippen molar-refractivity contribution in [1.82, 2.24) is 0 Å². The molecule has 0 aromatic carbocycles. The second-order valence-corrected chi connectivity index (χ2v) is 4.82. The predicted octanol–water partition coefficient (Wildman–Crippen LogP) is 1.80. The van der Waals surface area contributed by atoms with Gasteiger partial charge in [0.05, 0.1) is 12.7 Å². The minimum Gasteiger partial charge on any atom is -0.376 e. The molecule has 0 aromatic rings. The van der Waals surface area contributed by atoms with Crippen molar-refractivity contribution in [2.75, 3.05) is 19.8 Å². The van der Waals surface area contributed by atoms with Crippen LogP contribution in [0.15, 0.2) is 0 Å². The Balaban J connectivity index is 2.11. The lowest BCUT2D eigenvalue weighted by Crippen LogP contribution is -2.27. The lowest BCUT2D eigenvalue weighted by molar-refractivity contribution is -0.132. The van der Waals surface area contributed by atoms with Gasteiger partial charge >= 0.3 is 0 Å². The molecule has 3 nitrogen and oxygen atoms in total. The third-order valence-electron chi connectivity index (χ3n) is 2.40. The van der Waals surface area contributed by atoms with Crippen LogP contribution in [-0.4, -0.2) is 31.7 Å². The highest BCUT2D eigenvalue weighted by atomic mass is 16.5. The molecular weight excluding hydrogens is 180 g/mol. The van der Waals surface area contributed by atoms with Crippen LogP contribution >= 0.6 is 0 Å². The predicted molar refractivity (Wildman–Crippen MR) is 54.3 cm³/mol. The van der Waals surface area contributed by atoms with E-state index in [1.807, 2.05) is 20.8 Å². The van der Waals surface area contributed by atoms with E-state index in [1.165, 1.54) is 0 Å². The number of ketones is 1. The Kier molecular flexibility index (Phi) is 4.08. The number of rotatable bonds is 4. The van der Waals surface area contributed by atoms with Gasteiger partial charge in [0.1, 0.15) is 6.61 Å². The van der Waals surface area contributed by atoms with Crippen molar-refractivity contribution in [3.8, 4) is 0 Å². The van der Waals surface area contributed by atoms with Crippen LogP contribution in [0.2, 0.25) is 0 Å². The van der Waals surface area contributed by atoms with Gasteiger partial charge in [0, 0.05) is 12.0 Å². The van der Waals surface area contributed by atoms with Gasteiger partial charge in [-0.15, -0.1) is 0 Å². The highest BCUT2D eigenvalue weighted by Crippen LogP contribution is 2.15. The van der Waals surface area contributed by atoms with Crippen LogP contribution in [-0.2, 0) is 14.3 Å². The van der Waals surface area contributed by atoms with Crippen LogP contribution in [0.1, 0.15) is 33.6 Å². The Labute approximate surface area is 85.8 Å². The topological polar surface area (TPSA) is 35.5 Å². The average molecular weight is 200 g/mol. The zero-order valence-electron chi connectivity index (χ0n) is 9.34. The summed E-state index contributed by atoms with van der Waals surface area (Å²) < 4.78 is 10.7. The van der Waals surface area contributed by atoms with Crippen LogP contribution < -0.4 is 0 Å². The first-order valence-electron chi connectivity index (χ1n) is 5.23. The number of carbonyl (C=O) groups is 1. The lowest BCUT2D eigenvalue weighted by Gasteiger charge is -2.17. The van der Waals surface area contributed by atoms with Gasteiger partial charge in [0.25, 0.3) is 0 Å². The molecule has 1 fully saturated rings. The van der Waals surface area contributed by atoms with Crippen molar-refractivity contribution in [3.05, 3.63) is 0 Å². The molecular formula is C11H20O3. The number of ether oxygens (including phenoxy) is 2. The van der Waals surface area contributed by atoms with Gasteiger partial charge in [0.15, 0.2) is 5.78 Å². The fraction of sp³-hybridized carbons (Fsp3) is 0.909. The summed E-state index contributed by atoms with van der Waals surface area (Å²) in [6.07, 6.45) is 2.38. The van der Waals surface area contributed by atoms with Crippen LogP contribution in [0.4, 0.5) is 0 Å². The molecule has 0 saturated carbocycles. The molecule has 0 aromatic heterocycles. The van der Waals surface area contributed by atoms with Gasteiger partial charge in [-0.2, -0.15) is 0 Å². The van der Waals surface area contributed by atoms with Crippen molar-refractivity contribution < 1.29 is 14.3 Å². The van der Waals surface area contributed by atoms with Crippen molar-refractivity contribution in [2.45, 2.75) is 39.7 Å². The van der Waals surface area contributed by atoms with Gasteiger partial charge in [-0.05, 0) is 12.8 Å². The summed E-state index contributed by atoms with van der Waals surface area (Å²) in [5.41, 5.74) is -0.295. The van der Waals surface area contributed by atoms with Gasteiger partial charge in [0.2, 0.25) is 0 Å². The molecule has 0 aliphatic carbocycles. The molecule has 3 heteroatoms. The summed E-state index contributed by atoms with van der Waals surface area (Å²) in [4.78, 5) is 11.5. The molecule has 1 heterocycles. The number of carbonyl (C=O) groups excluding carboxylic acids is 1. The molecule has 0 amide bonds. The SMILES string of the molecule is CC(C)(C)C(=O)COCC1CCCO1. The minimum absolute atomic E-state index is 0.149. The summed E-state index contributed by atoms with van der Waals surface area (Å²) in [6.45, 7) is 7.33. The van der Waals surface area contributed by atoms with E-state index in [1.54, 1.807) is 0 Å². The van der Waals surface area contributed by atoms with E-state index >= 15 is 0 Å². The first-order chi connectivity index (χ1) is 6.50. The summed E-state index contributed by atoms with van der Waals surface area (Å²) in [5, 5.41) is 0. The van der Waals surface area contributed by atoms with Gasteiger partial charge in [-0.1, -0.05) is 20.8 Å². The Morgan fingerprint density at radius 3 is 2.71 bits per heavy atom. The smallest absolute Gasteiger partial charge is 0.163 e. The molecule has 1 saturated heterocycles. The van der Waals surface area contributed by atoms with Crippen molar-refractivity contribution in [1.29, 1.82) is 0 Å². The monoisotopic (exact) mass is 200 g/mol. The van der Waals surface area contributed by atoms with E-state index in [0.717, 1.165) is 19.4 Å². The number of hydrogen-bond acceptors (Lipinski definition) is 3. The molecule has 1 unspecified atom stereocenters. The Hall–Kier alpha value is -0.410. The molecule has 0 radical (unpaired) electrons. The van der Waals surface area contributed by atoms with E-state index in [4.69, 9.17) is 9.47 Å². The van der Waals surface area contributed by atoms with E-state index < -0.39 is 0 Å². The van der Waals surface area contributed by atoms with Crippen molar-refractivity contribution in [2.24, 2.45) is 5.41 Å². The molecule has 1 rings (SSSR count). The van der Waals surface area contributed by atoms with E-state index in [2.05, 4.69) is 0 Å². The molecule has 14 heavy (non-hydrogen) atoms. The van der Waals surface area contributed by atoms with E-state index in [-0.39, 0.29) is 23.9 Å². The Morgan fingerprint density at radius 2 is 2.21 bits per heavy atom. The van der Waals surface area contributed by atoms with Gasteiger partial charge < -0.3 is 9.47 Å². The quantitative estimate of drug-likeness (QED) is 0.694. The third kappa shape index (κ3) is 3.76. The maximum Gasteiger partial charge on any atom is 0.163 e. The summed E-state index contributed by atoms with van der Waals surface area (Å²) in [7, 11) is 0. The van der Waals surface area contributed by atoms with E-state index in [9.17, 15) is 4.79 Å². The maximum absolute atomic E-state index is 11.5. The van der Waals surface area contributed by atoms with Crippen LogP contribution in [0.25, 0.3) is 0 Å². The minimum atomic E-state index is -0.295. The largest absolute Gasteiger partial charge is 0.376 e.